The van der Waals surface area contributed by atoms with Crippen LogP contribution < -0.4 is 16.0 Å². The molecule has 0 heterocycles. The molecular weight excluding hydrogens is 609 g/mol. The van der Waals surface area contributed by atoms with Gasteiger partial charge in [-0.25, -0.2) is 4.39 Å². The molecule has 0 radical (unpaired) electrons. The molecule has 0 aliphatic carbocycles. The minimum Gasteiger partial charge on any atom is -0.325 e. The van der Waals surface area contributed by atoms with Crippen LogP contribution in [0.1, 0.15) is 26.7 Å². The van der Waals surface area contributed by atoms with Crippen molar-refractivity contribution in [1.82, 2.24) is 5.32 Å². The summed E-state index contributed by atoms with van der Waals surface area (Å²) in [6.45, 7) is 0. The molecule has 0 aromatic heterocycles. The van der Waals surface area contributed by atoms with Crippen molar-refractivity contribution in [3.8, 4) is 0 Å². The highest BCUT2D eigenvalue weighted by Crippen LogP contribution is 2.37. The molecule has 5 aromatic carbocycles. The molecule has 3 N–H and O–H groups in total. The molecule has 5 rings (SSSR count). The third kappa shape index (κ3) is 8.69. The highest BCUT2D eigenvalue weighted by atomic mass is 35.5. The average Bonchev–Trinajstić information content (AvgIpc) is 3.06. The number of amides is 3. The summed E-state index contributed by atoms with van der Waals surface area (Å²) in [5, 5.41) is 8.30. The van der Waals surface area contributed by atoms with E-state index in [2.05, 4.69) is 16.0 Å². The maximum absolute atomic E-state index is 14.5. The molecule has 0 aliphatic heterocycles. The fourth-order valence-corrected chi connectivity index (χ4v) is 5.52. The van der Waals surface area contributed by atoms with Crippen molar-refractivity contribution in [3.63, 3.8) is 0 Å². The third-order valence-electron chi connectivity index (χ3n) is 6.53. The van der Waals surface area contributed by atoms with Gasteiger partial charge in [-0.3, -0.25) is 14.4 Å². The average molecular weight is 636 g/mol. The quantitative estimate of drug-likeness (QED) is 0.106. The Hall–Kier alpha value is -5.18. The lowest BCUT2D eigenvalue weighted by atomic mass is 10.1. The van der Waals surface area contributed by atoms with Crippen molar-refractivity contribution < 1.29 is 18.8 Å². The minimum absolute atomic E-state index is 0.137. The van der Waals surface area contributed by atoms with Gasteiger partial charge in [-0.1, -0.05) is 84.4 Å². The van der Waals surface area contributed by atoms with Crippen molar-refractivity contribution >= 4 is 58.5 Å². The van der Waals surface area contributed by atoms with Gasteiger partial charge >= 0.3 is 0 Å². The summed E-state index contributed by atoms with van der Waals surface area (Å²) in [5.74, 6) is -1.94. The Kier molecular flexibility index (Phi) is 10.4. The van der Waals surface area contributed by atoms with E-state index in [0.717, 1.165) is 5.56 Å². The van der Waals surface area contributed by atoms with E-state index in [1.54, 1.807) is 78.9 Å². The van der Waals surface area contributed by atoms with Crippen molar-refractivity contribution in [1.29, 1.82) is 0 Å². The van der Waals surface area contributed by atoms with Gasteiger partial charge in [0.1, 0.15) is 16.8 Å². The first-order valence-electron chi connectivity index (χ1n) is 13.9. The molecular formula is C36H27ClFN3O3S. The van der Waals surface area contributed by atoms with Gasteiger partial charge in [-0.15, -0.1) is 11.8 Å². The first-order valence-corrected chi connectivity index (χ1v) is 15.1. The molecule has 5 aromatic rings. The predicted octanol–water partition coefficient (Wildman–Crippen LogP) is 8.36. The molecule has 0 saturated heterocycles. The Morgan fingerprint density at radius 2 is 1.38 bits per heavy atom. The zero-order valence-corrected chi connectivity index (χ0v) is 25.3. The number of anilines is 2. The van der Waals surface area contributed by atoms with Crippen LogP contribution in [0.25, 0.3) is 6.08 Å². The standard InChI is InChI=1S/C36H27ClFN3O3S/c37-27-18-20-28(21-19-27)39-36(44)33(24-10-3-1-4-11-24)45-30-16-9-15-29(23-30)40-35(43)32(22-26-14-7-8-17-31(26)38)41-34(42)25-12-5-2-6-13-25/h1-23,33H,(H,39,44)(H,40,43)(H,41,42)/b32-22-. The van der Waals surface area contributed by atoms with E-state index < -0.39 is 22.9 Å². The Morgan fingerprint density at radius 3 is 2.09 bits per heavy atom. The smallest absolute Gasteiger partial charge is 0.272 e. The number of halogens is 2. The number of nitrogens with one attached hydrogen (secondary N) is 3. The zero-order chi connectivity index (χ0) is 31.6. The number of rotatable bonds is 10. The van der Waals surface area contributed by atoms with E-state index in [9.17, 15) is 18.8 Å². The molecule has 0 aliphatic rings. The maximum atomic E-state index is 14.5. The van der Waals surface area contributed by atoms with Gasteiger partial charge in [0.2, 0.25) is 5.91 Å². The second-order valence-electron chi connectivity index (χ2n) is 9.79. The van der Waals surface area contributed by atoms with Crippen molar-refractivity contribution in [2.45, 2.75) is 10.1 Å². The number of carbonyl (C=O) groups is 3. The van der Waals surface area contributed by atoms with Gasteiger partial charge in [0, 0.05) is 32.4 Å². The van der Waals surface area contributed by atoms with E-state index >= 15 is 0 Å². The van der Waals surface area contributed by atoms with Gasteiger partial charge in [0.25, 0.3) is 11.8 Å². The van der Waals surface area contributed by atoms with Crippen LogP contribution in [0.4, 0.5) is 15.8 Å². The molecule has 6 nitrogen and oxygen atoms in total. The summed E-state index contributed by atoms with van der Waals surface area (Å²) in [5.41, 5.74) is 2.16. The molecule has 1 unspecified atom stereocenters. The Morgan fingerprint density at radius 1 is 0.711 bits per heavy atom. The molecule has 3 amide bonds. The zero-order valence-electron chi connectivity index (χ0n) is 23.7. The van der Waals surface area contributed by atoms with Crippen molar-refractivity contribution in [2.24, 2.45) is 0 Å². The van der Waals surface area contributed by atoms with E-state index in [1.807, 2.05) is 36.4 Å². The largest absolute Gasteiger partial charge is 0.325 e. The second kappa shape index (κ2) is 15.0. The van der Waals surface area contributed by atoms with Gasteiger partial charge in [0.15, 0.2) is 0 Å². The molecule has 0 bridgehead atoms. The first kappa shape index (κ1) is 31.3. The van der Waals surface area contributed by atoms with Crippen molar-refractivity contribution in [2.75, 3.05) is 10.6 Å². The van der Waals surface area contributed by atoms with Crippen LogP contribution in [0.2, 0.25) is 5.02 Å². The van der Waals surface area contributed by atoms with Gasteiger partial charge in [-0.05, 0) is 72.3 Å². The van der Waals surface area contributed by atoms with E-state index in [1.165, 1.54) is 36.0 Å². The first-order chi connectivity index (χ1) is 21.9. The van der Waals surface area contributed by atoms with Gasteiger partial charge in [0.05, 0.1) is 0 Å². The number of hydrogen-bond acceptors (Lipinski definition) is 4. The number of hydrogen-bond donors (Lipinski definition) is 3. The fraction of sp³-hybridized carbons (Fsp3) is 0.0278. The fourth-order valence-electron chi connectivity index (χ4n) is 4.31. The van der Waals surface area contributed by atoms with Crippen molar-refractivity contribution in [3.05, 3.63) is 167 Å². The predicted molar refractivity (Wildman–Crippen MR) is 178 cm³/mol. The summed E-state index contributed by atoms with van der Waals surface area (Å²) in [6.07, 6.45) is 1.29. The maximum Gasteiger partial charge on any atom is 0.272 e. The summed E-state index contributed by atoms with van der Waals surface area (Å²) in [6, 6.07) is 37.6. The monoisotopic (exact) mass is 635 g/mol. The van der Waals surface area contributed by atoms with Crippen LogP contribution in [0.3, 0.4) is 0 Å². The molecule has 1 atom stereocenters. The normalized spacial score (nSPS) is 11.7. The highest BCUT2D eigenvalue weighted by molar-refractivity contribution is 8.00. The number of thioether (sulfide) groups is 1. The Bertz CT molecular complexity index is 1830. The lowest BCUT2D eigenvalue weighted by Crippen LogP contribution is -2.30. The topological polar surface area (TPSA) is 87.3 Å². The minimum atomic E-state index is -0.648. The molecule has 0 fully saturated rings. The molecule has 0 spiro atoms. The van der Waals surface area contributed by atoms with E-state index in [0.29, 0.717) is 26.9 Å². The molecule has 9 heteroatoms. The molecule has 0 saturated carbocycles. The second-order valence-corrected chi connectivity index (χ2v) is 11.4. The number of benzene rings is 5. The third-order valence-corrected chi connectivity index (χ3v) is 8.03. The number of carbonyl (C=O) groups excluding carboxylic acids is 3. The Balaban J connectivity index is 1.38. The van der Waals surface area contributed by atoms with Crippen LogP contribution in [0.5, 0.6) is 0 Å². The van der Waals surface area contributed by atoms with Crippen LogP contribution in [0.15, 0.2) is 144 Å². The lowest BCUT2D eigenvalue weighted by molar-refractivity contribution is -0.116. The summed E-state index contributed by atoms with van der Waals surface area (Å²) < 4.78 is 14.5. The van der Waals surface area contributed by atoms with Gasteiger partial charge < -0.3 is 16.0 Å². The van der Waals surface area contributed by atoms with Crippen LogP contribution in [0, 0.1) is 5.82 Å². The summed E-state index contributed by atoms with van der Waals surface area (Å²) in [4.78, 5) is 40.6. The lowest BCUT2D eigenvalue weighted by Gasteiger charge is -2.18. The van der Waals surface area contributed by atoms with E-state index in [-0.39, 0.29) is 17.2 Å². The molecule has 45 heavy (non-hydrogen) atoms. The highest BCUT2D eigenvalue weighted by Gasteiger charge is 2.23. The Labute approximate surface area is 269 Å². The van der Waals surface area contributed by atoms with Crippen LogP contribution in [-0.2, 0) is 9.59 Å². The van der Waals surface area contributed by atoms with Gasteiger partial charge in [-0.2, -0.15) is 0 Å². The summed E-state index contributed by atoms with van der Waals surface area (Å²) in [7, 11) is 0. The van der Waals surface area contributed by atoms with Crippen LogP contribution in [-0.4, -0.2) is 17.7 Å². The SMILES string of the molecule is O=C(Nc1cccc(SC(C(=O)Nc2ccc(Cl)cc2)c2ccccc2)c1)/C(=C/c1ccccc1F)NC(=O)c1ccccc1. The van der Waals surface area contributed by atoms with Crippen LogP contribution >= 0.6 is 23.4 Å². The summed E-state index contributed by atoms with van der Waals surface area (Å²) >= 11 is 7.31. The molecule has 224 valence electrons. The van der Waals surface area contributed by atoms with E-state index in [4.69, 9.17) is 11.6 Å².